The Morgan fingerprint density at radius 3 is 2.86 bits per heavy atom. The number of carbonyl (C=O) groups is 1. The molecule has 10 heteroatoms. The van der Waals surface area contributed by atoms with Crippen LogP contribution in [0.5, 0.6) is 0 Å². The minimum atomic E-state index is -0.718. The number of hydrogen-bond acceptors (Lipinski definition) is 8. The molecule has 162 valence electrons. The number of fused-ring (bicyclic) bond motifs is 2. The third-order valence-electron chi connectivity index (χ3n) is 5.04. The van der Waals surface area contributed by atoms with Crippen LogP contribution in [0.25, 0.3) is 0 Å². The fourth-order valence-corrected chi connectivity index (χ4v) is 5.32. The summed E-state index contributed by atoms with van der Waals surface area (Å²) >= 11 is 7.64. The van der Waals surface area contributed by atoms with E-state index in [2.05, 4.69) is 0 Å². The number of nitrogens with zero attached hydrogens (tertiary/aromatic N) is 2. The third kappa shape index (κ3) is 4.64. The molecule has 2 unspecified atom stereocenters. The predicted octanol–water partition coefficient (Wildman–Crippen LogP) is 2.67. The van der Waals surface area contributed by atoms with Crippen LogP contribution in [0.15, 0.2) is 18.0 Å². The zero-order chi connectivity index (χ0) is 21.6. The Morgan fingerprint density at radius 2 is 2.24 bits per heavy atom. The van der Waals surface area contributed by atoms with Gasteiger partial charge in [0.1, 0.15) is 17.3 Å². The fourth-order valence-electron chi connectivity index (χ4n) is 3.85. The number of ether oxygens (including phenoxy) is 2. The number of halogens is 1. The summed E-state index contributed by atoms with van der Waals surface area (Å²) in [7, 11) is 1.66. The topological polar surface area (TPSA) is 114 Å². The van der Waals surface area contributed by atoms with Gasteiger partial charge in [0, 0.05) is 42.4 Å². The Hall–Kier alpha value is -1.52. The van der Waals surface area contributed by atoms with Crippen molar-refractivity contribution in [2.24, 2.45) is 11.6 Å². The van der Waals surface area contributed by atoms with Crippen molar-refractivity contribution in [2.45, 2.75) is 57.0 Å². The molecule has 1 fully saturated rings. The lowest BCUT2D eigenvalue weighted by atomic mass is 9.80. The zero-order valence-electron chi connectivity index (χ0n) is 17.1. The first-order valence-corrected chi connectivity index (χ1v) is 10.7. The molecule has 3 heterocycles. The number of carbonyl (C=O) groups excluding carboxylic acids is 1. The van der Waals surface area contributed by atoms with Gasteiger partial charge in [-0.1, -0.05) is 11.6 Å². The highest BCUT2D eigenvalue weighted by atomic mass is 35.5. The van der Waals surface area contributed by atoms with Gasteiger partial charge in [-0.3, -0.25) is 4.90 Å². The molecule has 0 aromatic carbocycles. The minimum absolute atomic E-state index is 0.166. The molecule has 3 rings (SSSR count). The van der Waals surface area contributed by atoms with Gasteiger partial charge in [0.15, 0.2) is 0 Å². The summed E-state index contributed by atoms with van der Waals surface area (Å²) in [6.45, 7) is 6.02. The highest BCUT2D eigenvalue weighted by Crippen LogP contribution is 2.50. The summed E-state index contributed by atoms with van der Waals surface area (Å²) in [5, 5.41) is 11.7. The molecule has 1 saturated heterocycles. The van der Waals surface area contributed by atoms with Gasteiger partial charge >= 0.3 is 6.09 Å². The molecular formula is C19H29ClN4O4S. The van der Waals surface area contributed by atoms with E-state index >= 15 is 0 Å². The van der Waals surface area contributed by atoms with Crippen LogP contribution in [0.3, 0.4) is 0 Å². The first-order valence-electron chi connectivity index (χ1n) is 9.48. The lowest BCUT2D eigenvalue weighted by molar-refractivity contribution is -0.135. The Bertz CT molecular complexity index is 807. The van der Waals surface area contributed by atoms with Gasteiger partial charge in [-0.05, 0) is 33.3 Å². The smallest absolute Gasteiger partial charge is 0.410 e. The zero-order valence-corrected chi connectivity index (χ0v) is 18.7. The van der Waals surface area contributed by atoms with Crippen LogP contribution in [0.4, 0.5) is 4.79 Å². The first kappa shape index (κ1) is 22.2. The number of rotatable bonds is 2. The molecule has 0 radical (unpaired) electrons. The quantitative estimate of drug-likeness (QED) is 0.474. The normalized spacial score (nSPS) is 27.7. The molecule has 1 spiro atoms. The van der Waals surface area contributed by atoms with Crippen LogP contribution in [-0.2, 0) is 15.1 Å². The second-order valence-electron chi connectivity index (χ2n) is 8.59. The molecule has 1 aromatic heterocycles. The fraction of sp³-hybridized carbons (Fsp3) is 0.632. The molecular weight excluding hydrogens is 416 g/mol. The van der Waals surface area contributed by atoms with Crippen molar-refractivity contribution >= 4 is 29.0 Å². The van der Waals surface area contributed by atoms with E-state index < -0.39 is 29.4 Å². The summed E-state index contributed by atoms with van der Waals surface area (Å²) in [5.74, 6) is 5.75. The molecule has 29 heavy (non-hydrogen) atoms. The van der Waals surface area contributed by atoms with Crippen molar-refractivity contribution in [3.63, 3.8) is 0 Å². The maximum absolute atomic E-state index is 12.9. The van der Waals surface area contributed by atoms with Crippen molar-refractivity contribution < 1.29 is 19.4 Å². The molecule has 0 aliphatic carbocycles. The van der Waals surface area contributed by atoms with Gasteiger partial charge in [0.2, 0.25) is 0 Å². The standard InChI is InChI=1S/C19H29ClN4O4S/c1-18(2,3)28-17(26)24-6-5-19(8-13(24)12(21)9-23(4)22)16-11(7-15(20)29-16)14(25)10-27-19/h7,9,13-14,25H,5-6,8,10,21-22H2,1-4H3/b12-9-/t13-,14?,19?/m0/s1. The monoisotopic (exact) mass is 444 g/mol. The maximum atomic E-state index is 12.9. The molecule has 3 atom stereocenters. The van der Waals surface area contributed by atoms with E-state index in [1.54, 1.807) is 24.2 Å². The van der Waals surface area contributed by atoms with Crippen LogP contribution in [-0.4, -0.2) is 53.0 Å². The SMILES string of the molecule is CN(N)/C=C(\N)[C@@H]1CC2(CCN1C(=O)OC(C)(C)C)OCC(O)c1cc(Cl)sc12. The van der Waals surface area contributed by atoms with Crippen molar-refractivity contribution in [2.75, 3.05) is 20.2 Å². The van der Waals surface area contributed by atoms with Crippen LogP contribution < -0.4 is 11.6 Å². The molecule has 2 aliphatic heterocycles. The van der Waals surface area contributed by atoms with Gasteiger partial charge in [0.25, 0.3) is 0 Å². The Labute approximate surface area is 180 Å². The number of thiophene rings is 1. The van der Waals surface area contributed by atoms with Gasteiger partial charge in [-0.2, -0.15) is 0 Å². The molecule has 8 nitrogen and oxygen atoms in total. The molecule has 1 amide bonds. The number of hydrogen-bond donors (Lipinski definition) is 3. The summed E-state index contributed by atoms with van der Waals surface area (Å²) in [5.41, 5.74) is 6.26. The summed E-state index contributed by atoms with van der Waals surface area (Å²) in [6, 6.07) is 1.31. The number of hydrazine groups is 1. The van der Waals surface area contributed by atoms with Crippen LogP contribution in [0.1, 0.15) is 50.2 Å². The van der Waals surface area contributed by atoms with E-state index in [-0.39, 0.29) is 6.61 Å². The van der Waals surface area contributed by atoms with E-state index in [0.29, 0.717) is 29.4 Å². The third-order valence-corrected chi connectivity index (χ3v) is 6.51. The van der Waals surface area contributed by atoms with Crippen molar-refractivity contribution in [3.05, 3.63) is 32.7 Å². The van der Waals surface area contributed by atoms with E-state index in [0.717, 1.165) is 10.4 Å². The maximum Gasteiger partial charge on any atom is 0.410 e. The number of aliphatic hydroxyl groups is 1. The lowest BCUT2D eigenvalue weighted by Crippen LogP contribution is -2.56. The van der Waals surface area contributed by atoms with E-state index in [1.165, 1.54) is 16.3 Å². The highest BCUT2D eigenvalue weighted by molar-refractivity contribution is 7.16. The van der Waals surface area contributed by atoms with Crippen LogP contribution >= 0.6 is 22.9 Å². The number of amides is 1. The van der Waals surface area contributed by atoms with E-state index in [4.69, 9.17) is 32.7 Å². The highest BCUT2D eigenvalue weighted by Gasteiger charge is 2.50. The Balaban J connectivity index is 1.97. The average Bonchev–Trinajstić information content (AvgIpc) is 2.99. The molecule has 5 N–H and O–H groups in total. The Morgan fingerprint density at radius 1 is 1.55 bits per heavy atom. The minimum Gasteiger partial charge on any atom is -0.444 e. The van der Waals surface area contributed by atoms with E-state index in [1.807, 2.05) is 20.8 Å². The largest absolute Gasteiger partial charge is 0.444 e. The van der Waals surface area contributed by atoms with Gasteiger partial charge < -0.3 is 25.3 Å². The average molecular weight is 445 g/mol. The van der Waals surface area contributed by atoms with Crippen LogP contribution in [0.2, 0.25) is 4.34 Å². The number of likely N-dealkylation sites (tertiary alicyclic amines) is 1. The van der Waals surface area contributed by atoms with Crippen LogP contribution in [0, 0.1) is 0 Å². The summed E-state index contributed by atoms with van der Waals surface area (Å²) in [6.07, 6.45) is 1.39. The van der Waals surface area contributed by atoms with E-state index in [9.17, 15) is 9.90 Å². The first-order chi connectivity index (χ1) is 13.4. The van der Waals surface area contributed by atoms with Gasteiger partial charge in [-0.15, -0.1) is 11.3 Å². The van der Waals surface area contributed by atoms with Crippen molar-refractivity contribution in [3.8, 4) is 0 Å². The number of aliphatic hydroxyl groups excluding tert-OH is 1. The number of nitrogens with two attached hydrogens (primary N) is 2. The molecule has 0 saturated carbocycles. The second-order valence-corrected chi connectivity index (χ2v) is 10.3. The lowest BCUT2D eigenvalue weighted by Gasteiger charge is -2.48. The number of piperidine rings is 1. The van der Waals surface area contributed by atoms with Gasteiger partial charge in [-0.25, -0.2) is 10.6 Å². The summed E-state index contributed by atoms with van der Waals surface area (Å²) < 4.78 is 12.4. The van der Waals surface area contributed by atoms with Crippen molar-refractivity contribution in [1.82, 2.24) is 9.91 Å². The predicted molar refractivity (Wildman–Crippen MR) is 112 cm³/mol. The molecule has 1 aromatic rings. The molecule has 0 bridgehead atoms. The molecule has 2 aliphatic rings. The van der Waals surface area contributed by atoms with Crippen molar-refractivity contribution in [1.29, 1.82) is 0 Å². The summed E-state index contributed by atoms with van der Waals surface area (Å²) in [4.78, 5) is 15.4. The van der Waals surface area contributed by atoms with Gasteiger partial charge in [0.05, 0.1) is 17.0 Å². The Kier molecular flexibility index (Phi) is 6.08. The second kappa shape index (κ2) is 7.96.